The van der Waals surface area contributed by atoms with E-state index in [1.165, 1.54) is 12.1 Å². The fourth-order valence-electron chi connectivity index (χ4n) is 1.35. The van der Waals surface area contributed by atoms with Crippen molar-refractivity contribution in [3.63, 3.8) is 0 Å². The van der Waals surface area contributed by atoms with Crippen molar-refractivity contribution in [3.8, 4) is 0 Å². The molecule has 0 unspecified atom stereocenters. The number of piperazine rings is 1. The Bertz CT molecular complexity index is 799. The molecule has 0 spiro atoms. The molecule has 0 aliphatic carbocycles. The number of methoxy groups -OCH3 is 1. The summed E-state index contributed by atoms with van der Waals surface area (Å²) < 4.78 is 92.9. The number of anilines is 1. The lowest BCUT2D eigenvalue weighted by Gasteiger charge is -2.34. The van der Waals surface area contributed by atoms with Crippen LogP contribution in [0.1, 0.15) is 25.4 Å². The number of esters is 1. The molecule has 0 N–H and O–H groups in total. The van der Waals surface area contributed by atoms with E-state index in [-0.39, 0.29) is 10.5 Å². The molecule has 0 saturated carbocycles. The molecule has 5 heteroatoms. The Morgan fingerprint density at radius 2 is 2.17 bits per heavy atom. The van der Waals surface area contributed by atoms with E-state index in [0.717, 1.165) is 13.2 Å². The van der Waals surface area contributed by atoms with E-state index in [9.17, 15) is 4.79 Å². The Hall–Kier alpha value is -1.07. The molecule has 1 aliphatic rings. The molecule has 1 saturated heterocycles. The first kappa shape index (κ1) is 5.13. The van der Waals surface area contributed by atoms with Gasteiger partial charge in [0.15, 0.2) is 0 Å². The van der Waals surface area contributed by atoms with E-state index in [2.05, 4.69) is 20.7 Å². The first-order chi connectivity index (χ1) is 12.8. The van der Waals surface area contributed by atoms with Crippen LogP contribution in [-0.4, -0.2) is 50.9 Å². The van der Waals surface area contributed by atoms with Crippen molar-refractivity contribution in [3.05, 3.63) is 28.2 Å². The number of halogens is 1. The summed E-state index contributed by atoms with van der Waals surface area (Å²) in [5.74, 6) is -1.01. The van der Waals surface area contributed by atoms with Gasteiger partial charge >= 0.3 is 5.97 Å². The molecule has 1 aromatic carbocycles. The molecule has 0 amide bonds. The minimum atomic E-state index is -3.53. The third-order valence-electron chi connectivity index (χ3n) is 2.15. The number of hydrogen-bond acceptors (Lipinski definition) is 4. The Labute approximate surface area is 131 Å². The summed E-state index contributed by atoms with van der Waals surface area (Å²) in [6, 6.07) is 3.58. The smallest absolute Gasteiger partial charge is 0.340 e. The summed E-state index contributed by atoms with van der Waals surface area (Å²) in [6.45, 7) is -17.4. The lowest BCUT2D eigenvalue weighted by molar-refractivity contribution is 0.0601. The number of hydrogen-bond donors (Lipinski definition) is 0. The fourth-order valence-corrected chi connectivity index (χ4v) is 1.71. The van der Waals surface area contributed by atoms with Gasteiger partial charge in [0.2, 0.25) is 0 Å². The predicted molar refractivity (Wildman–Crippen MR) is 75.2 cm³/mol. The van der Waals surface area contributed by atoms with Crippen molar-refractivity contribution in [2.24, 2.45) is 0 Å². The van der Waals surface area contributed by atoms with Crippen LogP contribution in [0.4, 0.5) is 5.69 Å². The second-order valence-electron chi connectivity index (χ2n) is 3.27. The lowest BCUT2D eigenvalue weighted by Crippen LogP contribution is -2.45. The zero-order chi connectivity index (χ0) is 22.8. The van der Waals surface area contributed by atoms with Gasteiger partial charge < -0.3 is 14.5 Å². The standard InChI is InChI=1S/C13H17BrN2O2/c1-15-5-7-16(8-6-15)12-4-3-10(14)9-11(12)13(17)18-2/h3-4,9H,5-8H2,1-2H3/i1D3,5D2,6D2,7D2,8D2. The summed E-state index contributed by atoms with van der Waals surface area (Å²) in [5, 5.41) is 0. The van der Waals surface area contributed by atoms with Crippen LogP contribution in [0.3, 0.4) is 0 Å². The lowest BCUT2D eigenvalue weighted by atomic mass is 10.1. The number of benzene rings is 1. The van der Waals surface area contributed by atoms with Gasteiger partial charge in [-0.25, -0.2) is 4.79 Å². The van der Waals surface area contributed by atoms with Gasteiger partial charge in [0.1, 0.15) is 0 Å². The molecular formula is C13H17BrN2O2. The second kappa shape index (κ2) is 5.71. The Kier molecular flexibility index (Phi) is 1.63. The van der Waals surface area contributed by atoms with Crippen LogP contribution < -0.4 is 4.90 Å². The van der Waals surface area contributed by atoms with Crippen LogP contribution >= 0.6 is 15.9 Å². The second-order valence-corrected chi connectivity index (χ2v) is 4.19. The molecule has 0 radical (unpaired) electrons. The summed E-state index contributed by atoms with van der Waals surface area (Å²) in [5.41, 5.74) is -0.878. The third kappa shape index (κ3) is 2.84. The molecule has 1 fully saturated rings. The van der Waals surface area contributed by atoms with Crippen LogP contribution in [0.25, 0.3) is 0 Å². The van der Waals surface area contributed by atoms with Crippen LogP contribution in [0.5, 0.6) is 0 Å². The first-order valence-electron chi connectivity index (χ1n) is 10.3. The average molecular weight is 324 g/mol. The number of ether oxygens (including phenoxy) is 1. The van der Waals surface area contributed by atoms with E-state index in [4.69, 9.17) is 15.1 Å². The summed E-state index contributed by atoms with van der Waals surface area (Å²) in [6.07, 6.45) is 0. The molecule has 0 bridgehead atoms. The maximum atomic E-state index is 12.2. The van der Waals surface area contributed by atoms with Gasteiger partial charge in [-0.1, -0.05) is 15.9 Å². The van der Waals surface area contributed by atoms with Crippen molar-refractivity contribution in [2.75, 3.05) is 45.0 Å². The largest absolute Gasteiger partial charge is 0.465 e. The number of carbonyl (C=O) groups excluding carboxylic acids is 1. The number of rotatable bonds is 2. The number of carbonyl (C=O) groups is 1. The topological polar surface area (TPSA) is 32.8 Å². The van der Waals surface area contributed by atoms with Crippen molar-refractivity contribution in [1.29, 1.82) is 0 Å². The molecule has 2 rings (SSSR count). The SMILES string of the molecule is [2H]C([2H])([2H])N1C([2H])([2H])C([2H])([2H])N(c2ccc(Br)cc2C(=O)OC)C([2H])([2H])C1([2H])[2H]. The zero-order valence-corrected chi connectivity index (χ0v) is 10.9. The molecular weight excluding hydrogens is 296 g/mol. The maximum Gasteiger partial charge on any atom is 0.340 e. The van der Waals surface area contributed by atoms with Crippen LogP contribution in [0, 0.1) is 0 Å². The Morgan fingerprint density at radius 1 is 1.44 bits per heavy atom. The van der Waals surface area contributed by atoms with Crippen molar-refractivity contribution in [2.45, 2.75) is 0 Å². The highest BCUT2D eigenvalue weighted by atomic mass is 79.9. The highest BCUT2D eigenvalue weighted by Crippen LogP contribution is 2.26. The van der Waals surface area contributed by atoms with Gasteiger partial charge in [0.05, 0.1) is 23.8 Å². The normalized spacial score (nSPS) is 37.7. The predicted octanol–water partition coefficient (Wildman–Crippen LogP) is 1.99. The van der Waals surface area contributed by atoms with Gasteiger partial charge in [0, 0.05) is 40.1 Å². The molecule has 0 aromatic heterocycles. The van der Waals surface area contributed by atoms with E-state index in [0.29, 0.717) is 4.47 Å². The zero-order valence-electron chi connectivity index (χ0n) is 20.3. The molecule has 18 heavy (non-hydrogen) atoms. The highest BCUT2D eigenvalue weighted by molar-refractivity contribution is 9.10. The average Bonchev–Trinajstić information content (AvgIpc) is 2.51. The van der Waals surface area contributed by atoms with E-state index >= 15 is 0 Å². The van der Waals surface area contributed by atoms with Gasteiger partial charge in [-0.3, -0.25) is 0 Å². The molecule has 1 aromatic rings. The third-order valence-corrected chi connectivity index (χ3v) is 2.65. The molecule has 1 heterocycles. The minimum absolute atomic E-state index is 0.112. The van der Waals surface area contributed by atoms with E-state index < -0.39 is 49.5 Å². The first-order valence-corrected chi connectivity index (χ1v) is 5.63. The maximum absolute atomic E-state index is 12.2. The van der Waals surface area contributed by atoms with E-state index in [1.807, 2.05) is 0 Å². The van der Waals surface area contributed by atoms with Crippen molar-refractivity contribution >= 4 is 27.6 Å². The van der Waals surface area contributed by atoms with Crippen LogP contribution in [0.2, 0.25) is 0 Å². The number of nitrogens with zero attached hydrogens (tertiary/aromatic N) is 2. The molecule has 4 nitrogen and oxygen atoms in total. The van der Waals surface area contributed by atoms with Crippen molar-refractivity contribution in [1.82, 2.24) is 4.90 Å². The monoisotopic (exact) mass is 323 g/mol. The Morgan fingerprint density at radius 3 is 2.78 bits per heavy atom. The molecule has 98 valence electrons. The van der Waals surface area contributed by atoms with Gasteiger partial charge in [-0.15, -0.1) is 0 Å². The Balaban J connectivity index is 2.90. The molecule has 1 aliphatic heterocycles. The molecule has 0 atom stereocenters. The van der Waals surface area contributed by atoms with Gasteiger partial charge in [0.25, 0.3) is 0 Å². The summed E-state index contributed by atoms with van der Waals surface area (Å²) >= 11 is 3.11. The number of likely N-dealkylation sites (N-methyl/N-ethyl adjacent to an activating group) is 1. The van der Waals surface area contributed by atoms with Crippen LogP contribution in [0.15, 0.2) is 22.7 Å². The van der Waals surface area contributed by atoms with Gasteiger partial charge in [-0.2, -0.15) is 0 Å². The fraction of sp³-hybridized carbons (Fsp3) is 0.462. The minimum Gasteiger partial charge on any atom is -0.465 e. The summed E-state index contributed by atoms with van der Waals surface area (Å²) in [7, 11) is 1.03. The van der Waals surface area contributed by atoms with Gasteiger partial charge in [-0.05, 0) is 25.2 Å². The van der Waals surface area contributed by atoms with E-state index in [1.54, 1.807) is 0 Å². The highest BCUT2D eigenvalue weighted by Gasteiger charge is 2.20. The van der Waals surface area contributed by atoms with Crippen molar-refractivity contribution < 1.29 is 24.6 Å². The summed E-state index contributed by atoms with van der Waals surface area (Å²) in [4.78, 5) is 11.9. The quantitative estimate of drug-likeness (QED) is 0.779. The van der Waals surface area contributed by atoms with Crippen LogP contribution in [-0.2, 0) is 4.74 Å².